The predicted molar refractivity (Wildman–Crippen MR) is 84.5 cm³/mol. The molecule has 21 heavy (non-hydrogen) atoms. The van der Waals surface area contributed by atoms with Crippen molar-refractivity contribution < 1.29 is 4.79 Å². The van der Waals surface area contributed by atoms with Crippen molar-refractivity contribution in [3.63, 3.8) is 0 Å². The molecule has 0 aromatic heterocycles. The Bertz CT molecular complexity index is 635. The average molecular weight is 278 g/mol. The Morgan fingerprint density at radius 2 is 1.62 bits per heavy atom. The maximum atomic E-state index is 12.2. The Balaban J connectivity index is 1.66. The quantitative estimate of drug-likeness (QED) is 0.935. The maximum Gasteiger partial charge on any atom is 0.265 e. The number of rotatable bonds is 3. The molecule has 0 atom stereocenters. The summed E-state index contributed by atoms with van der Waals surface area (Å²) in [4.78, 5) is 12.2. The monoisotopic (exact) mass is 278 g/mol. The fraction of sp³-hybridized carbons (Fsp3) is 0.167. The molecule has 0 aliphatic carbocycles. The van der Waals surface area contributed by atoms with E-state index in [4.69, 9.17) is 0 Å². The van der Waals surface area contributed by atoms with E-state index in [-0.39, 0.29) is 5.91 Å². The van der Waals surface area contributed by atoms with E-state index >= 15 is 0 Å². The number of hydrogen-bond acceptors (Lipinski definition) is 2. The standard InChI is InChI=1S/C18H18N2O/c21-18(16-10-5-2-6-11-16)19-20-13-7-12-17(14-20)15-8-3-1-4-9-15/h1-6,8-12H,7,13-14H2,(H,19,21). The van der Waals surface area contributed by atoms with Gasteiger partial charge in [-0.05, 0) is 29.7 Å². The maximum absolute atomic E-state index is 12.2. The largest absolute Gasteiger partial charge is 0.284 e. The number of nitrogens with one attached hydrogen (secondary N) is 1. The van der Waals surface area contributed by atoms with E-state index in [1.807, 2.05) is 53.5 Å². The first-order chi connectivity index (χ1) is 10.3. The summed E-state index contributed by atoms with van der Waals surface area (Å²) in [5.74, 6) is -0.0510. The van der Waals surface area contributed by atoms with E-state index in [9.17, 15) is 4.79 Å². The van der Waals surface area contributed by atoms with Crippen LogP contribution in [-0.4, -0.2) is 24.0 Å². The molecule has 106 valence electrons. The molecule has 3 heteroatoms. The van der Waals surface area contributed by atoms with E-state index in [2.05, 4.69) is 23.6 Å². The van der Waals surface area contributed by atoms with Gasteiger partial charge in [-0.3, -0.25) is 10.2 Å². The molecule has 3 nitrogen and oxygen atoms in total. The van der Waals surface area contributed by atoms with Crippen LogP contribution in [0.15, 0.2) is 66.7 Å². The molecule has 1 heterocycles. The van der Waals surface area contributed by atoms with Crippen LogP contribution in [0.4, 0.5) is 0 Å². The molecule has 0 spiro atoms. The summed E-state index contributed by atoms with van der Waals surface area (Å²) in [7, 11) is 0. The van der Waals surface area contributed by atoms with Crippen molar-refractivity contribution in [3.05, 3.63) is 77.9 Å². The van der Waals surface area contributed by atoms with Gasteiger partial charge in [0, 0.05) is 18.7 Å². The Morgan fingerprint density at radius 1 is 0.952 bits per heavy atom. The van der Waals surface area contributed by atoms with Crippen LogP contribution in [0.1, 0.15) is 22.3 Å². The Hall–Kier alpha value is -2.39. The van der Waals surface area contributed by atoms with Crippen molar-refractivity contribution in [2.75, 3.05) is 13.1 Å². The average Bonchev–Trinajstić information content (AvgIpc) is 2.57. The predicted octanol–water partition coefficient (Wildman–Crippen LogP) is 3.12. The molecule has 0 radical (unpaired) electrons. The Labute approximate surface area is 124 Å². The summed E-state index contributed by atoms with van der Waals surface area (Å²) in [5.41, 5.74) is 6.15. The van der Waals surface area contributed by atoms with E-state index < -0.39 is 0 Å². The van der Waals surface area contributed by atoms with Gasteiger partial charge in [-0.1, -0.05) is 54.6 Å². The molecule has 1 aliphatic heterocycles. The third kappa shape index (κ3) is 3.38. The van der Waals surface area contributed by atoms with Crippen LogP contribution in [-0.2, 0) is 0 Å². The van der Waals surface area contributed by atoms with Gasteiger partial charge in [0.2, 0.25) is 0 Å². The van der Waals surface area contributed by atoms with Crippen molar-refractivity contribution in [3.8, 4) is 0 Å². The SMILES string of the molecule is O=C(NN1CCC=C(c2ccccc2)C1)c1ccccc1. The second-order valence-electron chi connectivity index (χ2n) is 5.11. The molecule has 2 aromatic rings. The zero-order chi connectivity index (χ0) is 14.5. The highest BCUT2D eigenvalue weighted by atomic mass is 16.2. The topological polar surface area (TPSA) is 32.3 Å². The molecule has 1 aliphatic rings. The second kappa shape index (κ2) is 6.37. The zero-order valence-corrected chi connectivity index (χ0v) is 11.8. The molecule has 1 amide bonds. The lowest BCUT2D eigenvalue weighted by atomic mass is 10.0. The molecule has 0 saturated heterocycles. The lowest BCUT2D eigenvalue weighted by Crippen LogP contribution is -2.44. The first-order valence-electron chi connectivity index (χ1n) is 7.18. The van der Waals surface area contributed by atoms with Crippen molar-refractivity contribution in [2.45, 2.75) is 6.42 Å². The Morgan fingerprint density at radius 3 is 2.33 bits per heavy atom. The number of carbonyl (C=O) groups is 1. The van der Waals surface area contributed by atoms with Gasteiger partial charge in [-0.25, -0.2) is 5.01 Å². The first kappa shape index (κ1) is 13.6. The van der Waals surface area contributed by atoms with E-state index in [1.54, 1.807) is 0 Å². The summed E-state index contributed by atoms with van der Waals surface area (Å²) >= 11 is 0. The molecule has 0 unspecified atom stereocenters. The minimum absolute atomic E-state index is 0.0510. The van der Waals surface area contributed by atoms with Crippen molar-refractivity contribution >= 4 is 11.5 Å². The summed E-state index contributed by atoms with van der Waals surface area (Å²) in [6.07, 6.45) is 3.19. The van der Waals surface area contributed by atoms with E-state index in [1.165, 1.54) is 11.1 Å². The van der Waals surface area contributed by atoms with Gasteiger partial charge in [0.05, 0.1) is 0 Å². The highest BCUT2D eigenvalue weighted by Crippen LogP contribution is 2.19. The van der Waals surface area contributed by atoms with Crippen LogP contribution in [0.3, 0.4) is 0 Å². The third-order valence-electron chi connectivity index (χ3n) is 3.59. The summed E-state index contributed by atoms with van der Waals surface area (Å²) < 4.78 is 0. The minimum atomic E-state index is -0.0510. The molecule has 0 fully saturated rings. The van der Waals surface area contributed by atoms with Crippen LogP contribution in [0, 0.1) is 0 Å². The highest BCUT2D eigenvalue weighted by Gasteiger charge is 2.16. The molecule has 3 rings (SSSR count). The van der Waals surface area contributed by atoms with Crippen LogP contribution in [0.25, 0.3) is 5.57 Å². The number of nitrogens with zero attached hydrogens (tertiary/aromatic N) is 1. The van der Waals surface area contributed by atoms with Crippen molar-refractivity contribution in [1.29, 1.82) is 0 Å². The lowest BCUT2D eigenvalue weighted by molar-refractivity contribution is 0.0808. The molecule has 1 N–H and O–H groups in total. The third-order valence-corrected chi connectivity index (χ3v) is 3.59. The number of hydrazine groups is 1. The summed E-state index contributed by atoms with van der Waals surface area (Å²) in [5, 5.41) is 1.98. The number of amides is 1. The van der Waals surface area contributed by atoms with E-state index in [0.717, 1.165) is 19.5 Å². The summed E-state index contributed by atoms with van der Waals surface area (Å²) in [6.45, 7) is 1.58. The molecular formula is C18H18N2O. The molecule has 2 aromatic carbocycles. The van der Waals surface area contributed by atoms with Gasteiger partial charge in [0.25, 0.3) is 5.91 Å². The second-order valence-corrected chi connectivity index (χ2v) is 5.11. The Kier molecular flexibility index (Phi) is 4.12. The van der Waals surface area contributed by atoms with Crippen LogP contribution in [0.5, 0.6) is 0 Å². The van der Waals surface area contributed by atoms with Gasteiger partial charge in [-0.2, -0.15) is 0 Å². The minimum Gasteiger partial charge on any atom is -0.284 e. The lowest BCUT2D eigenvalue weighted by Gasteiger charge is -2.27. The van der Waals surface area contributed by atoms with Gasteiger partial charge in [-0.15, -0.1) is 0 Å². The van der Waals surface area contributed by atoms with Gasteiger partial charge >= 0.3 is 0 Å². The van der Waals surface area contributed by atoms with Crippen molar-refractivity contribution in [2.24, 2.45) is 0 Å². The molecule has 0 saturated carbocycles. The van der Waals surface area contributed by atoms with Crippen LogP contribution < -0.4 is 5.43 Å². The highest BCUT2D eigenvalue weighted by molar-refractivity contribution is 5.93. The van der Waals surface area contributed by atoms with Gasteiger partial charge in [0.1, 0.15) is 0 Å². The first-order valence-corrected chi connectivity index (χ1v) is 7.18. The normalized spacial score (nSPS) is 15.3. The van der Waals surface area contributed by atoms with Gasteiger partial charge in [0.15, 0.2) is 0 Å². The fourth-order valence-electron chi connectivity index (χ4n) is 2.50. The molecular weight excluding hydrogens is 260 g/mol. The van der Waals surface area contributed by atoms with Gasteiger partial charge < -0.3 is 0 Å². The number of benzene rings is 2. The summed E-state index contributed by atoms with van der Waals surface area (Å²) in [6, 6.07) is 19.6. The van der Waals surface area contributed by atoms with Crippen LogP contribution >= 0.6 is 0 Å². The van der Waals surface area contributed by atoms with E-state index in [0.29, 0.717) is 5.56 Å². The smallest absolute Gasteiger partial charge is 0.265 e. The number of carbonyl (C=O) groups excluding carboxylic acids is 1. The zero-order valence-electron chi connectivity index (χ0n) is 11.8. The molecule has 0 bridgehead atoms. The fourth-order valence-corrected chi connectivity index (χ4v) is 2.50. The van der Waals surface area contributed by atoms with Crippen LogP contribution in [0.2, 0.25) is 0 Å². The van der Waals surface area contributed by atoms with Crippen molar-refractivity contribution in [1.82, 2.24) is 10.4 Å². The number of hydrogen-bond donors (Lipinski definition) is 1.